The van der Waals surface area contributed by atoms with Gasteiger partial charge in [-0.3, -0.25) is 0 Å². The zero-order valence-electron chi connectivity index (χ0n) is 8.07. The topological polar surface area (TPSA) is 92.4 Å². The minimum atomic E-state index is -3.77. The second kappa shape index (κ2) is 5.20. The maximum Gasteiger partial charge on any atom is 0.242 e. The maximum atomic E-state index is 11.7. The van der Waals surface area contributed by atoms with E-state index < -0.39 is 10.0 Å². The highest BCUT2D eigenvalue weighted by Gasteiger charge is 2.18. The van der Waals surface area contributed by atoms with Crippen molar-refractivity contribution in [1.29, 1.82) is 0 Å². The van der Waals surface area contributed by atoms with Crippen LogP contribution >= 0.6 is 23.2 Å². The molecule has 0 unspecified atom stereocenters. The number of hydrogen-bond donors (Lipinski definition) is 3. The van der Waals surface area contributed by atoms with Gasteiger partial charge in [0.1, 0.15) is 4.90 Å². The molecule has 0 amide bonds. The summed E-state index contributed by atoms with van der Waals surface area (Å²) in [6.07, 6.45) is 0. The van der Waals surface area contributed by atoms with Crippen LogP contribution in [0.5, 0.6) is 0 Å². The second-order valence-electron chi connectivity index (χ2n) is 2.93. The van der Waals surface area contributed by atoms with E-state index >= 15 is 0 Å². The van der Waals surface area contributed by atoms with Crippen LogP contribution in [0.25, 0.3) is 0 Å². The molecule has 0 fully saturated rings. The molecule has 0 bridgehead atoms. The number of hydrogen-bond acceptors (Lipinski definition) is 4. The summed E-state index contributed by atoms with van der Waals surface area (Å²) in [4.78, 5) is -0.165. The van der Waals surface area contributed by atoms with E-state index in [2.05, 4.69) is 4.72 Å². The Morgan fingerprint density at radius 2 is 1.94 bits per heavy atom. The van der Waals surface area contributed by atoms with Crippen LogP contribution in [0.4, 0.5) is 5.69 Å². The Morgan fingerprint density at radius 1 is 1.31 bits per heavy atom. The Bertz CT molecular complexity index is 490. The summed E-state index contributed by atoms with van der Waals surface area (Å²) in [7, 11) is -3.77. The van der Waals surface area contributed by atoms with Gasteiger partial charge < -0.3 is 10.8 Å². The largest absolute Gasteiger partial charge is 0.397 e. The first kappa shape index (κ1) is 13.5. The van der Waals surface area contributed by atoms with Crippen LogP contribution in [0.3, 0.4) is 0 Å². The minimum Gasteiger partial charge on any atom is -0.397 e. The fourth-order valence-electron chi connectivity index (χ4n) is 1.01. The van der Waals surface area contributed by atoms with Crippen molar-refractivity contribution < 1.29 is 13.5 Å². The maximum absolute atomic E-state index is 11.7. The van der Waals surface area contributed by atoms with Crippen molar-refractivity contribution in [2.75, 3.05) is 18.9 Å². The molecule has 0 saturated heterocycles. The Balaban J connectivity index is 3.18. The quantitative estimate of drug-likeness (QED) is 0.715. The van der Waals surface area contributed by atoms with Crippen molar-refractivity contribution in [1.82, 2.24) is 4.72 Å². The predicted molar refractivity (Wildman–Crippen MR) is 63.1 cm³/mol. The number of aliphatic hydroxyl groups excluding tert-OH is 1. The zero-order valence-corrected chi connectivity index (χ0v) is 10.4. The average molecular weight is 285 g/mol. The van der Waals surface area contributed by atoms with E-state index in [-0.39, 0.29) is 33.8 Å². The molecule has 0 aliphatic rings. The fraction of sp³-hybridized carbons (Fsp3) is 0.250. The molecule has 16 heavy (non-hydrogen) atoms. The molecule has 1 rings (SSSR count). The molecule has 0 aromatic heterocycles. The SMILES string of the molecule is Nc1cc(Cl)c(S(=O)(=O)NCCO)cc1Cl. The number of benzene rings is 1. The van der Waals surface area contributed by atoms with E-state index in [1.807, 2.05) is 0 Å². The van der Waals surface area contributed by atoms with Gasteiger partial charge in [-0.05, 0) is 12.1 Å². The monoisotopic (exact) mass is 284 g/mol. The molecule has 0 radical (unpaired) electrons. The molecule has 1 aromatic carbocycles. The van der Waals surface area contributed by atoms with Gasteiger partial charge in [0.2, 0.25) is 10.0 Å². The lowest BCUT2D eigenvalue weighted by Crippen LogP contribution is -2.26. The standard InChI is InChI=1S/C8H10Cl2N2O3S/c9-5-4-8(6(10)3-7(5)11)16(14,15)12-1-2-13/h3-4,12-13H,1-2,11H2. The summed E-state index contributed by atoms with van der Waals surface area (Å²) >= 11 is 11.4. The van der Waals surface area contributed by atoms with Crippen LogP contribution in [0, 0.1) is 0 Å². The van der Waals surface area contributed by atoms with E-state index in [4.69, 9.17) is 34.0 Å². The highest BCUT2D eigenvalue weighted by molar-refractivity contribution is 7.89. The van der Waals surface area contributed by atoms with Crippen molar-refractivity contribution in [3.05, 3.63) is 22.2 Å². The number of halogens is 2. The number of rotatable bonds is 4. The van der Waals surface area contributed by atoms with E-state index in [0.29, 0.717) is 0 Å². The van der Waals surface area contributed by atoms with E-state index in [1.165, 1.54) is 12.1 Å². The van der Waals surface area contributed by atoms with Gasteiger partial charge in [-0.25, -0.2) is 13.1 Å². The molecule has 1 aromatic rings. The zero-order chi connectivity index (χ0) is 12.3. The molecule has 0 saturated carbocycles. The summed E-state index contributed by atoms with van der Waals surface area (Å²) in [6, 6.07) is 2.43. The normalized spacial score (nSPS) is 11.7. The van der Waals surface area contributed by atoms with Gasteiger partial charge in [-0.2, -0.15) is 0 Å². The van der Waals surface area contributed by atoms with Gasteiger partial charge >= 0.3 is 0 Å². The molecule has 5 nitrogen and oxygen atoms in total. The van der Waals surface area contributed by atoms with Crippen LogP contribution in [0.15, 0.2) is 17.0 Å². The Morgan fingerprint density at radius 3 is 2.50 bits per heavy atom. The third kappa shape index (κ3) is 2.99. The third-order valence-corrected chi connectivity index (χ3v) is 4.00. The van der Waals surface area contributed by atoms with Crippen molar-refractivity contribution in [2.24, 2.45) is 0 Å². The van der Waals surface area contributed by atoms with E-state index in [0.717, 1.165) is 0 Å². The van der Waals surface area contributed by atoms with Gasteiger partial charge in [-0.1, -0.05) is 23.2 Å². The minimum absolute atomic E-state index is 0.0210. The second-order valence-corrected chi connectivity index (χ2v) is 5.48. The summed E-state index contributed by atoms with van der Waals surface area (Å²) in [6.45, 7) is -0.403. The third-order valence-electron chi connectivity index (χ3n) is 1.74. The Kier molecular flexibility index (Phi) is 4.40. The smallest absolute Gasteiger partial charge is 0.242 e. The Hall–Kier alpha value is -0.530. The Labute approximate surface area is 103 Å². The molecular weight excluding hydrogens is 275 g/mol. The van der Waals surface area contributed by atoms with Gasteiger partial charge in [0.15, 0.2) is 0 Å². The molecule has 4 N–H and O–H groups in total. The fourth-order valence-corrected chi connectivity index (χ4v) is 2.82. The van der Waals surface area contributed by atoms with Crippen molar-refractivity contribution in [3.8, 4) is 0 Å². The van der Waals surface area contributed by atoms with Gasteiger partial charge in [0, 0.05) is 6.54 Å². The summed E-state index contributed by atoms with van der Waals surface area (Å²) < 4.78 is 25.5. The van der Waals surface area contributed by atoms with Crippen molar-refractivity contribution in [2.45, 2.75) is 4.90 Å². The molecule has 0 spiro atoms. The highest BCUT2D eigenvalue weighted by atomic mass is 35.5. The number of anilines is 1. The molecule has 0 aliphatic heterocycles. The lowest BCUT2D eigenvalue weighted by molar-refractivity contribution is 0.301. The molecule has 90 valence electrons. The lowest BCUT2D eigenvalue weighted by atomic mass is 10.3. The molecular formula is C8H10Cl2N2O3S. The van der Waals surface area contributed by atoms with Crippen LogP contribution in [0.1, 0.15) is 0 Å². The predicted octanol–water partition coefficient (Wildman–Crippen LogP) is 0.846. The lowest BCUT2D eigenvalue weighted by Gasteiger charge is -2.08. The first-order chi connectivity index (χ1) is 7.38. The van der Waals surface area contributed by atoms with Gasteiger partial charge in [-0.15, -0.1) is 0 Å². The number of aliphatic hydroxyl groups is 1. The number of nitrogen functional groups attached to an aromatic ring is 1. The molecule has 0 aliphatic carbocycles. The van der Waals surface area contributed by atoms with Crippen molar-refractivity contribution >= 4 is 38.9 Å². The molecule has 0 atom stereocenters. The first-order valence-corrected chi connectivity index (χ1v) is 6.47. The van der Waals surface area contributed by atoms with Crippen LogP contribution < -0.4 is 10.5 Å². The number of nitrogens with one attached hydrogen (secondary N) is 1. The summed E-state index contributed by atoms with van der Waals surface area (Å²) in [5, 5.41) is 8.62. The van der Waals surface area contributed by atoms with Crippen LogP contribution in [-0.4, -0.2) is 26.7 Å². The molecule has 8 heteroatoms. The van der Waals surface area contributed by atoms with E-state index in [1.54, 1.807) is 0 Å². The first-order valence-electron chi connectivity index (χ1n) is 4.23. The van der Waals surface area contributed by atoms with Gasteiger partial charge in [0.25, 0.3) is 0 Å². The van der Waals surface area contributed by atoms with Crippen LogP contribution in [0.2, 0.25) is 10.0 Å². The highest BCUT2D eigenvalue weighted by Crippen LogP contribution is 2.29. The average Bonchev–Trinajstić information content (AvgIpc) is 2.20. The van der Waals surface area contributed by atoms with Crippen molar-refractivity contribution in [3.63, 3.8) is 0 Å². The summed E-state index contributed by atoms with van der Waals surface area (Å²) in [5.74, 6) is 0. The van der Waals surface area contributed by atoms with Gasteiger partial charge in [0.05, 0.1) is 22.3 Å². The van der Waals surface area contributed by atoms with E-state index in [9.17, 15) is 8.42 Å². The molecule has 0 heterocycles. The number of sulfonamides is 1. The summed E-state index contributed by atoms with van der Waals surface area (Å²) in [5.41, 5.74) is 5.66. The van der Waals surface area contributed by atoms with Crippen LogP contribution in [-0.2, 0) is 10.0 Å². The number of nitrogens with two attached hydrogens (primary N) is 1.